The standard InChI is InChI=1S/C14H15Cl2N3O/c1-8-3-9(2)19-14(18-8)17-7-13(20)10-4-11(15)6-12(16)5-10/h3-6,13,20H,7H2,1-2H3,(H,17,18,19). The summed E-state index contributed by atoms with van der Waals surface area (Å²) < 4.78 is 0. The van der Waals surface area contributed by atoms with Crippen molar-refractivity contribution in [3.05, 3.63) is 51.3 Å². The molecule has 0 aliphatic heterocycles. The Bertz CT molecular complexity index is 579. The minimum atomic E-state index is -0.740. The van der Waals surface area contributed by atoms with Gasteiger partial charge in [0.1, 0.15) is 0 Å². The lowest BCUT2D eigenvalue weighted by Gasteiger charge is -2.13. The summed E-state index contributed by atoms with van der Waals surface area (Å²) >= 11 is 11.8. The SMILES string of the molecule is Cc1cc(C)nc(NCC(O)c2cc(Cl)cc(Cl)c2)n1. The maximum atomic E-state index is 10.1. The second-order valence-electron chi connectivity index (χ2n) is 4.57. The topological polar surface area (TPSA) is 58.0 Å². The van der Waals surface area contributed by atoms with Crippen LogP contribution < -0.4 is 5.32 Å². The Balaban J connectivity index is 2.06. The van der Waals surface area contributed by atoms with Gasteiger partial charge in [0, 0.05) is 28.0 Å². The molecule has 0 spiro atoms. The molecular formula is C14H15Cl2N3O. The molecule has 0 bridgehead atoms. The van der Waals surface area contributed by atoms with Crippen LogP contribution in [-0.4, -0.2) is 21.6 Å². The van der Waals surface area contributed by atoms with E-state index in [1.807, 2.05) is 19.9 Å². The van der Waals surface area contributed by atoms with Gasteiger partial charge in [-0.1, -0.05) is 23.2 Å². The fraction of sp³-hybridized carbons (Fsp3) is 0.286. The molecule has 0 aliphatic carbocycles. The fourth-order valence-electron chi connectivity index (χ4n) is 1.88. The number of nitrogens with zero attached hydrogens (tertiary/aromatic N) is 2. The Labute approximate surface area is 127 Å². The molecule has 0 amide bonds. The van der Waals surface area contributed by atoms with Crippen molar-refractivity contribution in [1.82, 2.24) is 9.97 Å². The van der Waals surface area contributed by atoms with Crippen molar-refractivity contribution >= 4 is 29.2 Å². The predicted molar refractivity (Wildman–Crippen MR) is 81.4 cm³/mol. The van der Waals surface area contributed by atoms with E-state index >= 15 is 0 Å². The molecule has 106 valence electrons. The van der Waals surface area contributed by atoms with Crippen LogP contribution in [0.4, 0.5) is 5.95 Å². The van der Waals surface area contributed by atoms with Gasteiger partial charge in [-0.25, -0.2) is 9.97 Å². The van der Waals surface area contributed by atoms with E-state index in [1.54, 1.807) is 18.2 Å². The van der Waals surface area contributed by atoms with Crippen molar-refractivity contribution in [1.29, 1.82) is 0 Å². The normalized spacial score (nSPS) is 12.2. The summed E-state index contributed by atoms with van der Waals surface area (Å²) in [5.74, 6) is 0.495. The molecule has 0 fully saturated rings. The average molecular weight is 312 g/mol. The molecule has 0 saturated carbocycles. The molecule has 4 nitrogen and oxygen atoms in total. The third-order valence-electron chi connectivity index (χ3n) is 2.71. The molecule has 0 saturated heterocycles. The van der Waals surface area contributed by atoms with Gasteiger partial charge in [-0.2, -0.15) is 0 Å². The van der Waals surface area contributed by atoms with Gasteiger partial charge in [0.05, 0.1) is 6.10 Å². The number of anilines is 1. The second-order valence-corrected chi connectivity index (χ2v) is 5.45. The first kappa shape index (κ1) is 15.0. The molecule has 6 heteroatoms. The Morgan fingerprint density at radius 3 is 2.15 bits per heavy atom. The van der Waals surface area contributed by atoms with Crippen molar-refractivity contribution in [3.8, 4) is 0 Å². The first-order valence-corrected chi connectivity index (χ1v) is 6.90. The molecule has 20 heavy (non-hydrogen) atoms. The summed E-state index contributed by atoms with van der Waals surface area (Å²) in [5.41, 5.74) is 2.40. The number of aryl methyl sites for hydroxylation is 2. The van der Waals surface area contributed by atoms with Crippen molar-refractivity contribution in [3.63, 3.8) is 0 Å². The zero-order chi connectivity index (χ0) is 14.7. The third-order valence-corrected chi connectivity index (χ3v) is 3.14. The van der Waals surface area contributed by atoms with Gasteiger partial charge in [-0.15, -0.1) is 0 Å². The van der Waals surface area contributed by atoms with Crippen LogP contribution in [-0.2, 0) is 0 Å². The van der Waals surface area contributed by atoms with E-state index in [1.165, 1.54) is 0 Å². The highest BCUT2D eigenvalue weighted by Gasteiger charge is 2.10. The van der Waals surface area contributed by atoms with Gasteiger partial charge >= 0.3 is 0 Å². The zero-order valence-electron chi connectivity index (χ0n) is 11.2. The molecule has 1 aromatic carbocycles. The predicted octanol–water partition coefficient (Wildman–Crippen LogP) is 3.55. The summed E-state index contributed by atoms with van der Waals surface area (Å²) in [6.07, 6.45) is -0.740. The summed E-state index contributed by atoms with van der Waals surface area (Å²) in [5, 5.41) is 14.1. The lowest BCUT2D eigenvalue weighted by atomic mass is 10.1. The van der Waals surface area contributed by atoms with Crippen LogP contribution in [0.3, 0.4) is 0 Å². The maximum Gasteiger partial charge on any atom is 0.223 e. The number of hydrogen-bond acceptors (Lipinski definition) is 4. The minimum absolute atomic E-state index is 0.277. The van der Waals surface area contributed by atoms with Crippen LogP contribution in [0.5, 0.6) is 0 Å². The van der Waals surface area contributed by atoms with Crippen molar-refractivity contribution in [2.75, 3.05) is 11.9 Å². The highest BCUT2D eigenvalue weighted by atomic mass is 35.5. The molecular weight excluding hydrogens is 297 g/mol. The van der Waals surface area contributed by atoms with Crippen LogP contribution in [0.1, 0.15) is 23.1 Å². The van der Waals surface area contributed by atoms with E-state index in [0.29, 0.717) is 21.6 Å². The van der Waals surface area contributed by atoms with Gasteiger partial charge in [0.2, 0.25) is 5.95 Å². The highest BCUT2D eigenvalue weighted by molar-refractivity contribution is 6.34. The number of benzene rings is 1. The summed E-state index contributed by atoms with van der Waals surface area (Å²) in [6, 6.07) is 6.88. The lowest BCUT2D eigenvalue weighted by molar-refractivity contribution is 0.191. The monoisotopic (exact) mass is 311 g/mol. The Hall–Kier alpha value is -1.36. The number of halogens is 2. The van der Waals surface area contributed by atoms with E-state index in [-0.39, 0.29) is 6.54 Å². The van der Waals surface area contributed by atoms with Crippen LogP contribution in [0.2, 0.25) is 10.0 Å². The molecule has 0 aliphatic rings. The number of aliphatic hydroxyl groups excluding tert-OH is 1. The number of aromatic nitrogens is 2. The first-order chi connectivity index (χ1) is 9.44. The number of aliphatic hydroxyl groups is 1. The van der Waals surface area contributed by atoms with Crippen LogP contribution in [0, 0.1) is 13.8 Å². The first-order valence-electron chi connectivity index (χ1n) is 6.14. The zero-order valence-corrected chi connectivity index (χ0v) is 12.7. The molecule has 2 rings (SSSR count). The van der Waals surface area contributed by atoms with E-state index in [2.05, 4.69) is 15.3 Å². The average Bonchev–Trinajstić information content (AvgIpc) is 2.33. The van der Waals surface area contributed by atoms with Gasteiger partial charge in [-0.05, 0) is 43.7 Å². The highest BCUT2D eigenvalue weighted by Crippen LogP contribution is 2.23. The molecule has 1 aromatic heterocycles. The Kier molecular flexibility index (Phi) is 4.81. The maximum absolute atomic E-state index is 10.1. The fourth-order valence-corrected chi connectivity index (χ4v) is 2.42. The third kappa shape index (κ3) is 4.07. The molecule has 1 atom stereocenters. The van der Waals surface area contributed by atoms with E-state index in [0.717, 1.165) is 11.4 Å². The van der Waals surface area contributed by atoms with E-state index in [9.17, 15) is 5.11 Å². The van der Waals surface area contributed by atoms with E-state index < -0.39 is 6.10 Å². The van der Waals surface area contributed by atoms with Gasteiger partial charge < -0.3 is 10.4 Å². The molecule has 2 aromatic rings. The smallest absolute Gasteiger partial charge is 0.223 e. The molecule has 0 radical (unpaired) electrons. The molecule has 2 N–H and O–H groups in total. The molecule has 1 heterocycles. The van der Waals surface area contributed by atoms with Crippen molar-refractivity contribution in [2.45, 2.75) is 20.0 Å². The second kappa shape index (κ2) is 6.39. The summed E-state index contributed by atoms with van der Waals surface area (Å²) in [6.45, 7) is 4.07. The molecule has 1 unspecified atom stereocenters. The van der Waals surface area contributed by atoms with Crippen molar-refractivity contribution < 1.29 is 5.11 Å². The minimum Gasteiger partial charge on any atom is -0.387 e. The summed E-state index contributed by atoms with van der Waals surface area (Å²) in [4.78, 5) is 8.50. The van der Waals surface area contributed by atoms with Crippen LogP contribution >= 0.6 is 23.2 Å². The van der Waals surface area contributed by atoms with Crippen LogP contribution in [0.15, 0.2) is 24.3 Å². The van der Waals surface area contributed by atoms with Gasteiger partial charge in [-0.3, -0.25) is 0 Å². The Morgan fingerprint density at radius 2 is 1.60 bits per heavy atom. The number of rotatable bonds is 4. The van der Waals surface area contributed by atoms with Crippen molar-refractivity contribution in [2.24, 2.45) is 0 Å². The van der Waals surface area contributed by atoms with Gasteiger partial charge in [0.15, 0.2) is 0 Å². The number of hydrogen-bond donors (Lipinski definition) is 2. The van der Waals surface area contributed by atoms with E-state index in [4.69, 9.17) is 23.2 Å². The van der Waals surface area contributed by atoms with Crippen LogP contribution in [0.25, 0.3) is 0 Å². The lowest BCUT2D eigenvalue weighted by Crippen LogP contribution is -2.14. The summed E-state index contributed by atoms with van der Waals surface area (Å²) in [7, 11) is 0. The quantitative estimate of drug-likeness (QED) is 0.906. The number of nitrogens with one attached hydrogen (secondary N) is 1. The Morgan fingerprint density at radius 1 is 1.05 bits per heavy atom. The largest absolute Gasteiger partial charge is 0.387 e. The van der Waals surface area contributed by atoms with Gasteiger partial charge in [0.25, 0.3) is 0 Å².